The van der Waals surface area contributed by atoms with Crippen LogP contribution in [0.25, 0.3) is 16.6 Å². The van der Waals surface area contributed by atoms with E-state index in [1.807, 2.05) is 24.4 Å². The quantitative estimate of drug-likeness (QED) is 0.586. The van der Waals surface area contributed by atoms with Gasteiger partial charge in [0.2, 0.25) is 5.88 Å². The lowest BCUT2D eigenvalue weighted by Crippen LogP contribution is -1.96. The Labute approximate surface area is 136 Å². The van der Waals surface area contributed by atoms with Crippen LogP contribution in [0.1, 0.15) is 0 Å². The number of ether oxygens (including phenoxy) is 1. The first-order valence-corrected chi connectivity index (χ1v) is 7.17. The number of nitrogens with zero attached hydrogens (tertiary/aromatic N) is 4. The van der Waals surface area contributed by atoms with Crippen molar-refractivity contribution in [2.75, 3.05) is 5.73 Å². The molecule has 0 bridgehead atoms. The molecule has 2 N–H and O–H groups in total. The highest BCUT2D eigenvalue weighted by molar-refractivity contribution is 5.72. The second-order valence-electron chi connectivity index (χ2n) is 5.15. The lowest BCUT2D eigenvalue weighted by Gasteiger charge is -2.06. The first-order chi connectivity index (χ1) is 11.7. The lowest BCUT2D eigenvalue weighted by atomic mass is 10.1. The molecule has 3 aromatic heterocycles. The van der Waals surface area contributed by atoms with Gasteiger partial charge in [-0.1, -0.05) is 0 Å². The summed E-state index contributed by atoms with van der Waals surface area (Å²) in [7, 11) is 0. The fourth-order valence-corrected chi connectivity index (χ4v) is 2.37. The molecule has 0 fully saturated rings. The van der Waals surface area contributed by atoms with Crippen molar-refractivity contribution in [2.45, 2.75) is 0 Å². The monoisotopic (exact) mass is 321 g/mol. The molecule has 0 aliphatic rings. The number of nitrogen functional groups attached to an aromatic ring is 1. The predicted octanol–water partition coefficient (Wildman–Crippen LogP) is 3.30. The Kier molecular flexibility index (Phi) is 3.31. The Morgan fingerprint density at radius 3 is 2.67 bits per heavy atom. The molecule has 0 amide bonds. The van der Waals surface area contributed by atoms with Gasteiger partial charge in [-0.05, 0) is 35.9 Å². The minimum atomic E-state index is -0.537. The molecule has 118 valence electrons. The van der Waals surface area contributed by atoms with Gasteiger partial charge in [0.05, 0.1) is 5.69 Å². The van der Waals surface area contributed by atoms with Gasteiger partial charge in [0.15, 0.2) is 0 Å². The van der Waals surface area contributed by atoms with Crippen molar-refractivity contribution in [3.05, 3.63) is 67.1 Å². The van der Waals surface area contributed by atoms with Crippen molar-refractivity contribution >= 4 is 11.2 Å². The Bertz CT molecular complexity index is 1020. The number of halogens is 1. The smallest absolute Gasteiger partial charge is 0.247 e. The minimum Gasteiger partial charge on any atom is -0.437 e. The van der Waals surface area contributed by atoms with Gasteiger partial charge < -0.3 is 10.5 Å². The fraction of sp³-hybridized carbons (Fsp3) is 0. The van der Waals surface area contributed by atoms with Crippen LogP contribution in [-0.2, 0) is 0 Å². The lowest BCUT2D eigenvalue weighted by molar-refractivity contribution is 0.458. The second kappa shape index (κ2) is 5.62. The maximum atomic E-state index is 13.6. The number of pyridine rings is 1. The molecule has 4 aromatic rings. The Balaban J connectivity index is 1.76. The number of aromatic nitrogens is 4. The van der Waals surface area contributed by atoms with E-state index in [1.54, 1.807) is 23.0 Å². The summed E-state index contributed by atoms with van der Waals surface area (Å²) in [6, 6.07) is 9.96. The van der Waals surface area contributed by atoms with Crippen LogP contribution in [-0.4, -0.2) is 19.6 Å². The van der Waals surface area contributed by atoms with Gasteiger partial charge in [0.25, 0.3) is 0 Å². The topological polar surface area (TPSA) is 78.3 Å². The van der Waals surface area contributed by atoms with Crippen LogP contribution in [0.3, 0.4) is 0 Å². The number of fused-ring (bicyclic) bond motifs is 1. The summed E-state index contributed by atoms with van der Waals surface area (Å²) >= 11 is 0. The van der Waals surface area contributed by atoms with Crippen molar-refractivity contribution < 1.29 is 9.13 Å². The van der Waals surface area contributed by atoms with Crippen molar-refractivity contribution in [2.24, 2.45) is 0 Å². The maximum Gasteiger partial charge on any atom is 0.247 e. The Hall–Kier alpha value is -3.48. The number of hydrogen-bond acceptors (Lipinski definition) is 5. The van der Waals surface area contributed by atoms with E-state index in [0.29, 0.717) is 17.1 Å². The first kappa shape index (κ1) is 14.1. The van der Waals surface area contributed by atoms with Crippen molar-refractivity contribution in [1.29, 1.82) is 0 Å². The SMILES string of the molecule is Nc1ccc(Oc2ncnn3cc(-c4ccncc4)cc23)cc1F. The first-order valence-electron chi connectivity index (χ1n) is 7.17. The largest absolute Gasteiger partial charge is 0.437 e. The molecular weight excluding hydrogens is 309 g/mol. The second-order valence-corrected chi connectivity index (χ2v) is 5.15. The van der Waals surface area contributed by atoms with E-state index in [1.165, 1.54) is 18.5 Å². The van der Waals surface area contributed by atoms with Crippen LogP contribution in [0.5, 0.6) is 11.6 Å². The zero-order chi connectivity index (χ0) is 16.5. The minimum absolute atomic E-state index is 0.0674. The van der Waals surface area contributed by atoms with Crippen LogP contribution in [0.15, 0.2) is 61.3 Å². The summed E-state index contributed by atoms with van der Waals surface area (Å²) in [6.45, 7) is 0. The average molecular weight is 321 g/mol. The molecule has 0 spiro atoms. The van der Waals surface area contributed by atoms with Crippen LogP contribution >= 0.6 is 0 Å². The van der Waals surface area contributed by atoms with Gasteiger partial charge >= 0.3 is 0 Å². The van der Waals surface area contributed by atoms with E-state index in [2.05, 4.69) is 15.1 Å². The number of anilines is 1. The van der Waals surface area contributed by atoms with E-state index in [4.69, 9.17) is 10.5 Å². The standard InChI is InChI=1S/C17H12FN5O/c18-14-8-13(1-2-15(14)19)24-17-16-7-12(9-23(16)22-10-21-17)11-3-5-20-6-4-11/h1-10H,19H2. The molecule has 3 heterocycles. The predicted molar refractivity (Wildman–Crippen MR) is 87.1 cm³/mol. The van der Waals surface area contributed by atoms with E-state index in [0.717, 1.165) is 11.1 Å². The maximum absolute atomic E-state index is 13.6. The van der Waals surface area contributed by atoms with E-state index in [9.17, 15) is 4.39 Å². The Morgan fingerprint density at radius 2 is 1.88 bits per heavy atom. The summed E-state index contributed by atoms with van der Waals surface area (Å²) in [5, 5.41) is 4.18. The zero-order valence-electron chi connectivity index (χ0n) is 12.4. The van der Waals surface area contributed by atoms with E-state index in [-0.39, 0.29) is 5.69 Å². The molecule has 0 saturated heterocycles. The van der Waals surface area contributed by atoms with Crippen molar-refractivity contribution in [3.8, 4) is 22.8 Å². The van der Waals surface area contributed by atoms with Crippen molar-refractivity contribution in [1.82, 2.24) is 19.6 Å². The third-order valence-electron chi connectivity index (χ3n) is 3.57. The molecular formula is C17H12FN5O. The molecule has 0 radical (unpaired) electrons. The molecule has 1 aromatic carbocycles. The van der Waals surface area contributed by atoms with Gasteiger partial charge in [-0.2, -0.15) is 10.1 Å². The molecule has 24 heavy (non-hydrogen) atoms. The van der Waals surface area contributed by atoms with Gasteiger partial charge in [0, 0.05) is 30.2 Å². The number of rotatable bonds is 3. The van der Waals surface area contributed by atoms with Crippen LogP contribution in [0.4, 0.5) is 10.1 Å². The van der Waals surface area contributed by atoms with Gasteiger partial charge in [-0.25, -0.2) is 8.91 Å². The van der Waals surface area contributed by atoms with Gasteiger partial charge in [-0.15, -0.1) is 0 Å². The van der Waals surface area contributed by atoms with E-state index >= 15 is 0 Å². The fourth-order valence-electron chi connectivity index (χ4n) is 2.37. The molecule has 7 heteroatoms. The summed E-state index contributed by atoms with van der Waals surface area (Å²) in [5.74, 6) is 0.105. The third kappa shape index (κ3) is 2.52. The van der Waals surface area contributed by atoms with Crippen LogP contribution in [0, 0.1) is 5.82 Å². The molecule has 6 nitrogen and oxygen atoms in total. The number of hydrogen-bond donors (Lipinski definition) is 1. The third-order valence-corrected chi connectivity index (χ3v) is 3.57. The molecule has 0 aliphatic heterocycles. The highest BCUT2D eigenvalue weighted by Gasteiger charge is 2.11. The molecule has 0 atom stereocenters. The number of benzene rings is 1. The molecule has 0 saturated carbocycles. The van der Waals surface area contributed by atoms with Crippen molar-refractivity contribution in [3.63, 3.8) is 0 Å². The molecule has 4 rings (SSSR count). The van der Waals surface area contributed by atoms with E-state index < -0.39 is 5.82 Å². The summed E-state index contributed by atoms with van der Waals surface area (Å²) in [6.07, 6.45) is 6.69. The molecule has 0 aliphatic carbocycles. The zero-order valence-corrected chi connectivity index (χ0v) is 12.4. The summed E-state index contributed by atoms with van der Waals surface area (Å²) in [4.78, 5) is 8.15. The molecule has 0 unspecified atom stereocenters. The van der Waals surface area contributed by atoms with Gasteiger partial charge in [0.1, 0.15) is 23.4 Å². The Morgan fingerprint density at radius 1 is 1.04 bits per heavy atom. The normalized spacial score (nSPS) is 10.9. The number of nitrogens with two attached hydrogens (primary N) is 1. The highest BCUT2D eigenvalue weighted by atomic mass is 19.1. The summed E-state index contributed by atoms with van der Waals surface area (Å²) in [5.41, 5.74) is 8.16. The van der Waals surface area contributed by atoms with Gasteiger partial charge in [-0.3, -0.25) is 4.98 Å². The summed E-state index contributed by atoms with van der Waals surface area (Å²) < 4.78 is 20.9. The average Bonchev–Trinajstić information content (AvgIpc) is 3.04. The van der Waals surface area contributed by atoms with Crippen LogP contribution in [0.2, 0.25) is 0 Å². The van der Waals surface area contributed by atoms with Crippen LogP contribution < -0.4 is 10.5 Å². The highest BCUT2D eigenvalue weighted by Crippen LogP contribution is 2.29.